The lowest BCUT2D eigenvalue weighted by atomic mass is 10.2. The smallest absolute Gasteiger partial charge is 0.321 e. The predicted molar refractivity (Wildman–Crippen MR) is 40.6 cm³/mol. The van der Waals surface area contributed by atoms with E-state index in [4.69, 9.17) is 9.79 Å². The van der Waals surface area contributed by atoms with Gasteiger partial charge in [0.25, 0.3) is 0 Å². The van der Waals surface area contributed by atoms with Crippen LogP contribution in [0.15, 0.2) is 11.4 Å². The van der Waals surface area contributed by atoms with Crippen LogP contribution in [0.5, 0.6) is 0 Å². The first kappa shape index (κ1) is 9.89. The molecule has 3 nitrogen and oxygen atoms in total. The molecule has 0 aliphatic heterocycles. The lowest BCUT2D eigenvalue weighted by Gasteiger charge is -2.04. The van der Waals surface area contributed by atoms with Crippen molar-refractivity contribution in [1.82, 2.24) is 0 Å². The maximum Gasteiger partial charge on any atom is 0.351 e. The summed E-state index contributed by atoms with van der Waals surface area (Å²) in [6, 6.07) is 0. The lowest BCUT2D eigenvalue weighted by Crippen LogP contribution is -1.84. The first-order valence-corrected chi connectivity index (χ1v) is 4.70. The molecule has 0 saturated heterocycles. The third-order valence-electron chi connectivity index (χ3n) is 1.03. The number of hydrogen-bond donors (Lipinski definition) is 2. The van der Waals surface area contributed by atoms with Gasteiger partial charge in [0.15, 0.2) is 0 Å². The average Bonchev–Trinajstić information content (AvgIpc) is 1.60. The van der Waals surface area contributed by atoms with Crippen LogP contribution in [-0.2, 0) is 4.57 Å². The Balaban J connectivity index is 4.36. The molecule has 0 atom stereocenters. The summed E-state index contributed by atoms with van der Waals surface area (Å²) in [7, 11) is -3.95. The molecule has 10 heavy (non-hydrogen) atoms. The molecule has 0 aliphatic carbocycles. The zero-order valence-electron chi connectivity index (χ0n) is 6.40. The van der Waals surface area contributed by atoms with Gasteiger partial charge in [-0.25, -0.2) is 0 Å². The van der Waals surface area contributed by atoms with Gasteiger partial charge < -0.3 is 9.79 Å². The summed E-state index contributed by atoms with van der Waals surface area (Å²) in [4.78, 5) is 17.2. The fourth-order valence-electron chi connectivity index (χ4n) is 0.580. The summed E-state index contributed by atoms with van der Waals surface area (Å²) >= 11 is 0. The van der Waals surface area contributed by atoms with E-state index >= 15 is 0 Å². The minimum absolute atomic E-state index is 0.155. The molecular weight excluding hydrogens is 151 g/mol. The largest absolute Gasteiger partial charge is 0.351 e. The van der Waals surface area contributed by atoms with Crippen molar-refractivity contribution in [3.05, 3.63) is 11.4 Å². The summed E-state index contributed by atoms with van der Waals surface area (Å²) in [5.41, 5.74) is 0. The van der Waals surface area contributed by atoms with E-state index in [1.165, 1.54) is 6.92 Å². The van der Waals surface area contributed by atoms with Gasteiger partial charge in [-0.2, -0.15) is 0 Å². The average molecular weight is 164 g/mol. The molecule has 0 rings (SSSR count). The maximum absolute atomic E-state index is 10.5. The van der Waals surface area contributed by atoms with Crippen LogP contribution in [0.4, 0.5) is 0 Å². The van der Waals surface area contributed by atoms with E-state index in [1.54, 1.807) is 6.08 Å². The Labute approximate surface area is 60.9 Å². The van der Waals surface area contributed by atoms with E-state index in [9.17, 15) is 4.57 Å². The summed E-state index contributed by atoms with van der Waals surface area (Å²) in [6.07, 6.45) is 1.57. The summed E-state index contributed by atoms with van der Waals surface area (Å²) in [5, 5.41) is 0.155. The zero-order chi connectivity index (χ0) is 8.36. The molecule has 0 heterocycles. The van der Waals surface area contributed by atoms with Gasteiger partial charge in [-0.3, -0.25) is 4.57 Å². The Morgan fingerprint density at radius 1 is 1.50 bits per heavy atom. The van der Waals surface area contributed by atoms with Gasteiger partial charge in [0.2, 0.25) is 0 Å². The molecule has 0 fully saturated rings. The highest BCUT2D eigenvalue weighted by molar-refractivity contribution is 7.56. The molecule has 0 spiro atoms. The second kappa shape index (κ2) is 3.33. The minimum atomic E-state index is -3.95. The molecule has 0 aromatic rings. The molecule has 0 aliphatic rings. The van der Waals surface area contributed by atoms with E-state index in [1.807, 2.05) is 13.8 Å². The van der Waals surface area contributed by atoms with E-state index in [0.29, 0.717) is 0 Å². The topological polar surface area (TPSA) is 57.5 Å². The van der Waals surface area contributed by atoms with Crippen LogP contribution in [0.2, 0.25) is 0 Å². The van der Waals surface area contributed by atoms with Crippen LogP contribution >= 0.6 is 7.60 Å². The third kappa shape index (κ3) is 3.83. The van der Waals surface area contributed by atoms with Crippen LogP contribution < -0.4 is 0 Å². The second-order valence-electron chi connectivity index (χ2n) is 2.60. The van der Waals surface area contributed by atoms with Crippen molar-refractivity contribution in [2.45, 2.75) is 20.8 Å². The van der Waals surface area contributed by atoms with Gasteiger partial charge in [-0.15, -0.1) is 0 Å². The highest BCUT2D eigenvalue weighted by atomic mass is 31.2. The maximum atomic E-state index is 10.5. The van der Waals surface area contributed by atoms with E-state index in [0.717, 1.165) is 0 Å². The van der Waals surface area contributed by atoms with Crippen molar-refractivity contribution in [2.75, 3.05) is 0 Å². The summed E-state index contributed by atoms with van der Waals surface area (Å²) in [5.74, 6) is 0.188. The fraction of sp³-hybridized carbons (Fsp3) is 0.667. The molecule has 0 radical (unpaired) electrons. The zero-order valence-corrected chi connectivity index (χ0v) is 7.30. The highest BCUT2D eigenvalue weighted by Crippen LogP contribution is 2.44. The van der Waals surface area contributed by atoms with Crippen LogP contribution in [0, 0.1) is 5.92 Å². The number of hydrogen-bond acceptors (Lipinski definition) is 1. The minimum Gasteiger partial charge on any atom is -0.321 e. The second-order valence-corrected chi connectivity index (χ2v) is 4.39. The van der Waals surface area contributed by atoms with Gasteiger partial charge >= 0.3 is 7.60 Å². The molecule has 2 N–H and O–H groups in total. The van der Waals surface area contributed by atoms with E-state index in [2.05, 4.69) is 0 Å². The van der Waals surface area contributed by atoms with Crippen molar-refractivity contribution >= 4 is 7.60 Å². The van der Waals surface area contributed by atoms with Crippen molar-refractivity contribution in [3.8, 4) is 0 Å². The highest BCUT2D eigenvalue weighted by Gasteiger charge is 2.15. The summed E-state index contributed by atoms with van der Waals surface area (Å²) in [6.45, 7) is 5.19. The van der Waals surface area contributed by atoms with Crippen molar-refractivity contribution in [3.63, 3.8) is 0 Å². The normalized spacial score (nSPS) is 14.4. The monoisotopic (exact) mass is 164 g/mol. The first-order chi connectivity index (χ1) is 4.34. The van der Waals surface area contributed by atoms with Crippen LogP contribution in [-0.4, -0.2) is 9.79 Å². The van der Waals surface area contributed by atoms with E-state index < -0.39 is 7.60 Å². The van der Waals surface area contributed by atoms with Gasteiger partial charge in [0.1, 0.15) is 0 Å². The first-order valence-electron chi connectivity index (χ1n) is 3.08. The molecular formula is C6H13O3P. The van der Waals surface area contributed by atoms with Crippen LogP contribution in [0.1, 0.15) is 20.8 Å². The molecule has 4 heteroatoms. The molecule has 0 amide bonds. The van der Waals surface area contributed by atoms with Crippen LogP contribution in [0.3, 0.4) is 0 Å². The third-order valence-corrected chi connectivity index (χ3v) is 2.10. The Kier molecular flexibility index (Phi) is 3.29. The van der Waals surface area contributed by atoms with Crippen molar-refractivity contribution < 1.29 is 14.4 Å². The molecule has 0 aromatic carbocycles. The molecule has 0 aromatic heterocycles. The molecule has 60 valence electrons. The standard InChI is InChI=1S/C6H13O3P/c1-5(2)4-6(3)10(7,8)9/h4-5H,1-3H3,(H2,7,8,9)/b6-4-. The Hall–Kier alpha value is -0.110. The lowest BCUT2D eigenvalue weighted by molar-refractivity contribution is 0.381. The fourth-order valence-corrected chi connectivity index (χ4v) is 1.07. The van der Waals surface area contributed by atoms with Gasteiger partial charge in [-0.05, 0) is 12.8 Å². The van der Waals surface area contributed by atoms with E-state index in [-0.39, 0.29) is 11.2 Å². The van der Waals surface area contributed by atoms with Gasteiger partial charge in [-0.1, -0.05) is 19.9 Å². The molecule has 0 bridgehead atoms. The summed E-state index contributed by atoms with van der Waals surface area (Å²) < 4.78 is 10.5. The molecule has 0 unspecified atom stereocenters. The Bertz CT molecular complexity index is 177. The van der Waals surface area contributed by atoms with Gasteiger partial charge in [0.05, 0.1) is 0 Å². The van der Waals surface area contributed by atoms with Gasteiger partial charge in [0, 0.05) is 5.31 Å². The SMILES string of the molecule is C/C(=C/C(C)C)P(=O)(O)O. The quantitative estimate of drug-likeness (QED) is 0.611. The number of rotatable bonds is 2. The molecule has 0 saturated carbocycles. The van der Waals surface area contributed by atoms with Crippen molar-refractivity contribution in [1.29, 1.82) is 0 Å². The van der Waals surface area contributed by atoms with Crippen LogP contribution in [0.25, 0.3) is 0 Å². The predicted octanol–water partition coefficient (Wildman–Crippen LogP) is 1.72. The van der Waals surface area contributed by atoms with Crippen molar-refractivity contribution in [2.24, 2.45) is 5.92 Å². The Morgan fingerprint density at radius 2 is 1.90 bits per heavy atom. The Morgan fingerprint density at radius 3 is 2.00 bits per heavy atom. The number of allylic oxidation sites excluding steroid dienone is 2.